The SMILES string of the molecule is NC1COCCC1c1ccccc1O. The van der Waals surface area contributed by atoms with Crippen molar-refractivity contribution >= 4 is 0 Å². The molecule has 14 heavy (non-hydrogen) atoms. The van der Waals surface area contributed by atoms with Crippen molar-refractivity contribution < 1.29 is 9.84 Å². The lowest BCUT2D eigenvalue weighted by Gasteiger charge is -2.29. The van der Waals surface area contributed by atoms with Gasteiger partial charge in [0.15, 0.2) is 0 Å². The Balaban J connectivity index is 2.25. The predicted octanol–water partition coefficient (Wildman–Crippen LogP) is 1.22. The van der Waals surface area contributed by atoms with Gasteiger partial charge in [-0.1, -0.05) is 18.2 Å². The number of rotatable bonds is 1. The largest absolute Gasteiger partial charge is 0.508 e. The first-order valence-electron chi connectivity index (χ1n) is 4.90. The molecule has 0 saturated carbocycles. The van der Waals surface area contributed by atoms with Crippen LogP contribution in [0.3, 0.4) is 0 Å². The summed E-state index contributed by atoms with van der Waals surface area (Å²) in [5, 5.41) is 9.68. The molecule has 1 fully saturated rings. The Labute approximate surface area is 83.5 Å². The highest BCUT2D eigenvalue weighted by Gasteiger charge is 2.25. The maximum absolute atomic E-state index is 9.68. The zero-order chi connectivity index (χ0) is 9.97. The van der Waals surface area contributed by atoms with Crippen LogP contribution >= 0.6 is 0 Å². The highest BCUT2D eigenvalue weighted by Crippen LogP contribution is 2.31. The smallest absolute Gasteiger partial charge is 0.119 e. The number of benzene rings is 1. The van der Waals surface area contributed by atoms with Crippen molar-refractivity contribution in [3.05, 3.63) is 29.8 Å². The maximum atomic E-state index is 9.68. The van der Waals surface area contributed by atoms with Gasteiger partial charge < -0.3 is 15.6 Å². The zero-order valence-electron chi connectivity index (χ0n) is 8.02. The number of ether oxygens (including phenoxy) is 1. The average molecular weight is 193 g/mol. The van der Waals surface area contributed by atoms with Crippen LogP contribution in [0, 0.1) is 0 Å². The Morgan fingerprint density at radius 3 is 2.86 bits per heavy atom. The molecule has 0 aromatic heterocycles. The van der Waals surface area contributed by atoms with E-state index in [4.69, 9.17) is 10.5 Å². The van der Waals surface area contributed by atoms with Crippen molar-refractivity contribution in [2.75, 3.05) is 13.2 Å². The lowest BCUT2D eigenvalue weighted by molar-refractivity contribution is 0.0691. The second-order valence-corrected chi connectivity index (χ2v) is 3.69. The Morgan fingerprint density at radius 2 is 2.14 bits per heavy atom. The Bertz CT molecular complexity index is 314. The van der Waals surface area contributed by atoms with Gasteiger partial charge in [0, 0.05) is 18.6 Å². The molecule has 3 N–H and O–H groups in total. The van der Waals surface area contributed by atoms with E-state index in [1.165, 1.54) is 0 Å². The standard InChI is InChI=1S/C11H15NO2/c12-10-7-14-6-5-8(10)9-3-1-2-4-11(9)13/h1-4,8,10,13H,5-7,12H2. The summed E-state index contributed by atoms with van der Waals surface area (Å²) in [5.41, 5.74) is 6.89. The molecule has 1 heterocycles. The van der Waals surface area contributed by atoms with E-state index >= 15 is 0 Å². The molecule has 3 nitrogen and oxygen atoms in total. The minimum atomic E-state index is -0.00273. The molecule has 0 bridgehead atoms. The van der Waals surface area contributed by atoms with Crippen molar-refractivity contribution in [1.29, 1.82) is 0 Å². The number of para-hydroxylation sites is 1. The highest BCUT2D eigenvalue weighted by molar-refractivity contribution is 5.36. The molecule has 1 aliphatic rings. The van der Waals surface area contributed by atoms with Gasteiger partial charge in [-0.05, 0) is 18.1 Å². The molecule has 2 rings (SSSR count). The molecule has 0 aliphatic carbocycles. The first-order chi connectivity index (χ1) is 6.79. The van der Waals surface area contributed by atoms with Gasteiger partial charge in [0.2, 0.25) is 0 Å². The van der Waals surface area contributed by atoms with Crippen LogP contribution < -0.4 is 5.73 Å². The zero-order valence-corrected chi connectivity index (χ0v) is 8.02. The van der Waals surface area contributed by atoms with Crippen LogP contribution in [0.5, 0.6) is 5.75 Å². The van der Waals surface area contributed by atoms with E-state index in [1.807, 2.05) is 18.2 Å². The summed E-state index contributed by atoms with van der Waals surface area (Å²) in [6.07, 6.45) is 0.888. The number of nitrogens with two attached hydrogens (primary N) is 1. The van der Waals surface area contributed by atoms with Crippen molar-refractivity contribution in [2.45, 2.75) is 18.4 Å². The van der Waals surface area contributed by atoms with Gasteiger partial charge >= 0.3 is 0 Å². The van der Waals surface area contributed by atoms with Crippen molar-refractivity contribution in [3.8, 4) is 5.75 Å². The van der Waals surface area contributed by atoms with E-state index in [-0.39, 0.29) is 12.0 Å². The molecule has 0 amide bonds. The molecule has 0 spiro atoms. The fourth-order valence-electron chi connectivity index (χ4n) is 1.95. The summed E-state index contributed by atoms with van der Waals surface area (Å²) in [6, 6.07) is 7.39. The van der Waals surface area contributed by atoms with Gasteiger partial charge in [0.05, 0.1) is 6.61 Å². The Kier molecular flexibility index (Phi) is 2.70. The third-order valence-corrected chi connectivity index (χ3v) is 2.74. The van der Waals surface area contributed by atoms with Gasteiger partial charge in [0.1, 0.15) is 5.75 Å². The predicted molar refractivity (Wildman–Crippen MR) is 54.3 cm³/mol. The summed E-state index contributed by atoms with van der Waals surface area (Å²) >= 11 is 0. The lowest BCUT2D eigenvalue weighted by Crippen LogP contribution is -2.37. The van der Waals surface area contributed by atoms with E-state index in [2.05, 4.69) is 0 Å². The lowest BCUT2D eigenvalue weighted by atomic mass is 9.87. The summed E-state index contributed by atoms with van der Waals surface area (Å²) in [4.78, 5) is 0. The molecule has 0 radical (unpaired) electrons. The van der Waals surface area contributed by atoms with Crippen LogP contribution in [0.1, 0.15) is 17.9 Å². The quantitative estimate of drug-likeness (QED) is 0.705. The minimum Gasteiger partial charge on any atom is -0.508 e. The van der Waals surface area contributed by atoms with Crippen LogP contribution in [0.15, 0.2) is 24.3 Å². The molecule has 1 aromatic rings. The molecule has 2 unspecified atom stereocenters. The van der Waals surface area contributed by atoms with Gasteiger partial charge in [-0.2, -0.15) is 0 Å². The van der Waals surface area contributed by atoms with E-state index in [1.54, 1.807) is 6.07 Å². The molecule has 3 heteroatoms. The van der Waals surface area contributed by atoms with Crippen LogP contribution in [0.2, 0.25) is 0 Å². The number of phenolic OH excluding ortho intramolecular Hbond substituents is 1. The van der Waals surface area contributed by atoms with E-state index in [9.17, 15) is 5.11 Å². The molecule has 1 saturated heterocycles. The van der Waals surface area contributed by atoms with Gasteiger partial charge in [-0.15, -0.1) is 0 Å². The highest BCUT2D eigenvalue weighted by atomic mass is 16.5. The molecule has 1 aliphatic heterocycles. The first kappa shape index (κ1) is 9.49. The van der Waals surface area contributed by atoms with E-state index in [0.29, 0.717) is 12.4 Å². The Hall–Kier alpha value is -1.06. The van der Waals surface area contributed by atoms with E-state index in [0.717, 1.165) is 18.6 Å². The normalized spacial score (nSPS) is 27.5. The molecular weight excluding hydrogens is 178 g/mol. The second kappa shape index (κ2) is 3.98. The maximum Gasteiger partial charge on any atom is 0.119 e. The van der Waals surface area contributed by atoms with Gasteiger partial charge in [-0.3, -0.25) is 0 Å². The number of hydrogen-bond acceptors (Lipinski definition) is 3. The second-order valence-electron chi connectivity index (χ2n) is 3.69. The first-order valence-corrected chi connectivity index (χ1v) is 4.90. The van der Waals surface area contributed by atoms with E-state index < -0.39 is 0 Å². The summed E-state index contributed by atoms with van der Waals surface area (Å²) < 4.78 is 5.27. The minimum absolute atomic E-state index is 0.00273. The fourth-order valence-corrected chi connectivity index (χ4v) is 1.95. The van der Waals surface area contributed by atoms with Crippen LogP contribution in [-0.4, -0.2) is 24.4 Å². The third kappa shape index (κ3) is 1.74. The number of aromatic hydroxyl groups is 1. The molecule has 2 atom stereocenters. The summed E-state index contributed by atoms with van der Waals surface area (Å²) in [5.74, 6) is 0.569. The topological polar surface area (TPSA) is 55.5 Å². The summed E-state index contributed by atoms with van der Waals surface area (Å²) in [6.45, 7) is 1.31. The number of hydrogen-bond donors (Lipinski definition) is 2. The average Bonchev–Trinajstić information content (AvgIpc) is 2.20. The van der Waals surface area contributed by atoms with Crippen LogP contribution in [0.25, 0.3) is 0 Å². The molecule has 1 aromatic carbocycles. The van der Waals surface area contributed by atoms with Crippen molar-refractivity contribution in [1.82, 2.24) is 0 Å². The van der Waals surface area contributed by atoms with Crippen LogP contribution in [0.4, 0.5) is 0 Å². The molecule has 76 valence electrons. The van der Waals surface area contributed by atoms with Crippen LogP contribution in [-0.2, 0) is 4.74 Å². The monoisotopic (exact) mass is 193 g/mol. The fraction of sp³-hybridized carbons (Fsp3) is 0.455. The third-order valence-electron chi connectivity index (χ3n) is 2.74. The summed E-state index contributed by atoms with van der Waals surface area (Å²) in [7, 11) is 0. The van der Waals surface area contributed by atoms with Crippen molar-refractivity contribution in [2.24, 2.45) is 5.73 Å². The molecular formula is C11H15NO2. The Morgan fingerprint density at radius 1 is 1.36 bits per heavy atom. The van der Waals surface area contributed by atoms with Crippen molar-refractivity contribution in [3.63, 3.8) is 0 Å². The number of phenols is 1. The van der Waals surface area contributed by atoms with Gasteiger partial charge in [0.25, 0.3) is 0 Å². The van der Waals surface area contributed by atoms with Gasteiger partial charge in [-0.25, -0.2) is 0 Å².